The van der Waals surface area contributed by atoms with Crippen molar-refractivity contribution < 1.29 is 9.53 Å². The molecule has 0 spiro atoms. The molecule has 15 heavy (non-hydrogen) atoms. The zero-order valence-electron chi connectivity index (χ0n) is 9.19. The first-order chi connectivity index (χ1) is 6.88. The minimum Gasteiger partial charge on any atom is -0.459 e. The standard InChI is InChI=1S/C10H16N2O2S/c1-10(2,3)14-9(13)7(11)6-8-12-4-5-15-8/h4-5,7H,6,11H2,1-3H3/t7-/m1/s1. The van der Waals surface area contributed by atoms with E-state index in [1.807, 2.05) is 26.2 Å². The molecular formula is C10H16N2O2S. The third-order valence-electron chi connectivity index (χ3n) is 1.59. The maximum Gasteiger partial charge on any atom is 0.323 e. The second-order valence-corrected chi connectivity index (χ2v) is 5.25. The van der Waals surface area contributed by atoms with Gasteiger partial charge in [-0.05, 0) is 20.8 Å². The Kier molecular flexibility index (Phi) is 3.82. The summed E-state index contributed by atoms with van der Waals surface area (Å²) in [5.74, 6) is -0.377. The van der Waals surface area contributed by atoms with Crippen LogP contribution in [0.1, 0.15) is 25.8 Å². The lowest BCUT2D eigenvalue weighted by molar-refractivity contribution is -0.156. The summed E-state index contributed by atoms with van der Waals surface area (Å²) in [7, 11) is 0. The monoisotopic (exact) mass is 228 g/mol. The molecule has 1 atom stereocenters. The molecule has 0 bridgehead atoms. The molecule has 1 rings (SSSR count). The Hall–Kier alpha value is -0.940. The molecule has 0 aliphatic rings. The summed E-state index contributed by atoms with van der Waals surface area (Å²) in [6.07, 6.45) is 2.13. The van der Waals surface area contributed by atoms with Gasteiger partial charge in [0.05, 0.1) is 5.01 Å². The molecular weight excluding hydrogens is 212 g/mol. The molecule has 4 nitrogen and oxygen atoms in total. The van der Waals surface area contributed by atoms with Crippen LogP contribution >= 0.6 is 11.3 Å². The maximum absolute atomic E-state index is 11.5. The predicted octanol–water partition coefficient (Wildman–Crippen LogP) is 1.35. The molecule has 5 heteroatoms. The number of hydrogen-bond donors (Lipinski definition) is 1. The van der Waals surface area contributed by atoms with Gasteiger partial charge in [0.25, 0.3) is 0 Å². The number of hydrogen-bond acceptors (Lipinski definition) is 5. The van der Waals surface area contributed by atoms with E-state index >= 15 is 0 Å². The van der Waals surface area contributed by atoms with E-state index in [9.17, 15) is 4.79 Å². The largest absolute Gasteiger partial charge is 0.459 e. The van der Waals surface area contributed by atoms with Crippen LogP contribution in [-0.2, 0) is 16.0 Å². The van der Waals surface area contributed by atoms with Gasteiger partial charge in [-0.2, -0.15) is 0 Å². The summed E-state index contributed by atoms with van der Waals surface area (Å²) in [6.45, 7) is 5.46. The van der Waals surface area contributed by atoms with Gasteiger partial charge in [-0.25, -0.2) is 4.98 Å². The van der Waals surface area contributed by atoms with Crippen molar-refractivity contribution in [2.45, 2.75) is 38.8 Å². The second-order valence-electron chi connectivity index (χ2n) is 4.27. The van der Waals surface area contributed by atoms with Crippen LogP contribution in [0.25, 0.3) is 0 Å². The first-order valence-corrected chi connectivity index (χ1v) is 5.63. The van der Waals surface area contributed by atoms with Crippen LogP contribution in [0, 0.1) is 0 Å². The highest BCUT2D eigenvalue weighted by atomic mass is 32.1. The van der Waals surface area contributed by atoms with Gasteiger partial charge in [-0.3, -0.25) is 4.79 Å². The lowest BCUT2D eigenvalue weighted by atomic mass is 10.1. The smallest absolute Gasteiger partial charge is 0.323 e. The van der Waals surface area contributed by atoms with E-state index in [2.05, 4.69) is 4.98 Å². The van der Waals surface area contributed by atoms with Crippen molar-refractivity contribution in [1.82, 2.24) is 4.98 Å². The van der Waals surface area contributed by atoms with Crippen LogP contribution in [0.2, 0.25) is 0 Å². The molecule has 0 aliphatic carbocycles. The molecule has 0 fully saturated rings. The van der Waals surface area contributed by atoms with Crippen molar-refractivity contribution in [3.8, 4) is 0 Å². The van der Waals surface area contributed by atoms with Crippen molar-refractivity contribution in [3.63, 3.8) is 0 Å². The quantitative estimate of drug-likeness (QED) is 0.793. The topological polar surface area (TPSA) is 65.2 Å². The normalized spacial score (nSPS) is 13.6. The van der Waals surface area contributed by atoms with Gasteiger partial charge in [0, 0.05) is 18.0 Å². The first-order valence-electron chi connectivity index (χ1n) is 4.75. The zero-order valence-corrected chi connectivity index (χ0v) is 10.0. The Bertz CT molecular complexity index is 317. The highest BCUT2D eigenvalue weighted by molar-refractivity contribution is 7.09. The van der Waals surface area contributed by atoms with Crippen LogP contribution in [0.5, 0.6) is 0 Å². The van der Waals surface area contributed by atoms with Crippen LogP contribution < -0.4 is 5.73 Å². The van der Waals surface area contributed by atoms with Crippen molar-refractivity contribution in [2.24, 2.45) is 5.73 Å². The third-order valence-corrected chi connectivity index (χ3v) is 2.39. The molecule has 1 aromatic rings. The summed E-state index contributed by atoms with van der Waals surface area (Å²) in [5, 5.41) is 2.71. The fraction of sp³-hybridized carbons (Fsp3) is 0.600. The predicted molar refractivity (Wildman–Crippen MR) is 59.6 cm³/mol. The lowest BCUT2D eigenvalue weighted by Gasteiger charge is -2.21. The Labute approximate surface area is 93.5 Å². The van der Waals surface area contributed by atoms with Crippen molar-refractivity contribution in [3.05, 3.63) is 16.6 Å². The van der Waals surface area contributed by atoms with E-state index in [0.717, 1.165) is 5.01 Å². The van der Waals surface area contributed by atoms with Gasteiger partial charge < -0.3 is 10.5 Å². The number of nitrogens with two attached hydrogens (primary N) is 1. The molecule has 0 amide bonds. The fourth-order valence-corrected chi connectivity index (χ4v) is 1.68. The van der Waals surface area contributed by atoms with Gasteiger partial charge in [0.1, 0.15) is 11.6 Å². The van der Waals surface area contributed by atoms with E-state index in [4.69, 9.17) is 10.5 Å². The van der Waals surface area contributed by atoms with Gasteiger partial charge in [-0.1, -0.05) is 0 Å². The van der Waals surface area contributed by atoms with Gasteiger partial charge in [0.2, 0.25) is 0 Å². The molecule has 1 heterocycles. The SMILES string of the molecule is CC(C)(C)OC(=O)[C@H](N)Cc1nccs1. The molecule has 0 aromatic carbocycles. The van der Waals surface area contributed by atoms with Gasteiger partial charge in [0.15, 0.2) is 0 Å². The van der Waals surface area contributed by atoms with E-state index in [1.54, 1.807) is 6.20 Å². The highest BCUT2D eigenvalue weighted by Gasteiger charge is 2.22. The van der Waals surface area contributed by atoms with E-state index in [-0.39, 0.29) is 5.97 Å². The van der Waals surface area contributed by atoms with Crippen molar-refractivity contribution in [2.75, 3.05) is 0 Å². The van der Waals surface area contributed by atoms with Crippen LogP contribution in [0.3, 0.4) is 0 Å². The summed E-state index contributed by atoms with van der Waals surface area (Å²) in [6, 6.07) is -0.629. The van der Waals surface area contributed by atoms with Crippen molar-refractivity contribution >= 4 is 17.3 Å². The Balaban J connectivity index is 2.47. The Morgan fingerprint density at radius 1 is 1.67 bits per heavy atom. The molecule has 0 unspecified atom stereocenters. The summed E-state index contributed by atoms with van der Waals surface area (Å²) < 4.78 is 5.16. The molecule has 1 aromatic heterocycles. The summed E-state index contributed by atoms with van der Waals surface area (Å²) >= 11 is 1.49. The fourth-order valence-electron chi connectivity index (χ4n) is 1.00. The Morgan fingerprint density at radius 2 is 2.33 bits per heavy atom. The van der Waals surface area contributed by atoms with E-state index in [1.165, 1.54) is 11.3 Å². The number of aromatic nitrogens is 1. The molecule has 0 radical (unpaired) electrons. The molecule has 0 aliphatic heterocycles. The van der Waals surface area contributed by atoms with Gasteiger partial charge in [-0.15, -0.1) is 11.3 Å². The third kappa shape index (κ3) is 4.40. The number of esters is 1. The minimum atomic E-state index is -0.629. The number of rotatable bonds is 3. The summed E-state index contributed by atoms with van der Waals surface area (Å²) in [4.78, 5) is 15.6. The number of carbonyl (C=O) groups is 1. The average molecular weight is 228 g/mol. The van der Waals surface area contributed by atoms with Crippen LogP contribution in [0.4, 0.5) is 0 Å². The number of ether oxygens (including phenoxy) is 1. The van der Waals surface area contributed by atoms with Gasteiger partial charge >= 0.3 is 5.97 Å². The van der Waals surface area contributed by atoms with Crippen molar-refractivity contribution in [1.29, 1.82) is 0 Å². The minimum absolute atomic E-state index is 0.377. The van der Waals surface area contributed by atoms with E-state index in [0.29, 0.717) is 6.42 Å². The number of carbonyl (C=O) groups excluding carboxylic acids is 1. The highest BCUT2D eigenvalue weighted by Crippen LogP contribution is 2.11. The number of nitrogens with zero attached hydrogens (tertiary/aromatic N) is 1. The second kappa shape index (κ2) is 4.72. The molecule has 2 N–H and O–H groups in total. The lowest BCUT2D eigenvalue weighted by Crippen LogP contribution is -2.38. The van der Waals surface area contributed by atoms with Crippen LogP contribution in [0.15, 0.2) is 11.6 Å². The first kappa shape index (κ1) is 12.1. The van der Waals surface area contributed by atoms with Crippen LogP contribution in [-0.4, -0.2) is 22.6 Å². The number of thiazole rings is 1. The zero-order chi connectivity index (χ0) is 11.5. The average Bonchev–Trinajstić information content (AvgIpc) is 2.53. The molecule has 84 valence electrons. The Morgan fingerprint density at radius 3 is 2.80 bits per heavy atom. The molecule has 0 saturated carbocycles. The maximum atomic E-state index is 11.5. The van der Waals surface area contributed by atoms with E-state index < -0.39 is 11.6 Å². The molecule has 0 saturated heterocycles. The summed E-state index contributed by atoms with van der Waals surface area (Å²) in [5.41, 5.74) is 5.22.